The topological polar surface area (TPSA) is 35.5 Å². The predicted octanol–water partition coefficient (Wildman–Crippen LogP) is 2.78. The third kappa shape index (κ3) is 3.39. The Morgan fingerprint density at radius 1 is 1.50 bits per heavy atom. The lowest BCUT2D eigenvalue weighted by Crippen LogP contribution is -2.18. The predicted molar refractivity (Wildman–Crippen MR) is 66.1 cm³/mol. The van der Waals surface area contributed by atoms with E-state index in [1.807, 2.05) is 18.2 Å². The summed E-state index contributed by atoms with van der Waals surface area (Å²) in [7, 11) is 2.91. The zero-order valence-corrected chi connectivity index (χ0v) is 11.3. The van der Waals surface area contributed by atoms with Gasteiger partial charge in [0, 0.05) is 10.9 Å². The molecule has 0 N–H and O–H groups in total. The van der Waals surface area contributed by atoms with Gasteiger partial charge >= 0.3 is 5.97 Å². The van der Waals surface area contributed by atoms with Crippen LogP contribution in [0.15, 0.2) is 22.7 Å². The number of methoxy groups -OCH3 is 2. The van der Waals surface area contributed by atoms with Crippen molar-refractivity contribution < 1.29 is 14.3 Å². The molecule has 0 aliphatic heterocycles. The van der Waals surface area contributed by atoms with Crippen LogP contribution in [0.25, 0.3) is 0 Å². The van der Waals surface area contributed by atoms with Gasteiger partial charge in [0.1, 0.15) is 11.1 Å². The first kappa shape index (κ1) is 13.3. The summed E-state index contributed by atoms with van der Waals surface area (Å²) < 4.78 is 10.6. The van der Waals surface area contributed by atoms with Crippen molar-refractivity contribution in [3.8, 4) is 5.75 Å². The second kappa shape index (κ2) is 6.11. The van der Waals surface area contributed by atoms with E-state index in [0.29, 0.717) is 6.42 Å². The Morgan fingerprint density at radius 3 is 2.75 bits per heavy atom. The molecule has 0 aliphatic rings. The van der Waals surface area contributed by atoms with Crippen molar-refractivity contribution in [2.45, 2.75) is 11.8 Å². The van der Waals surface area contributed by atoms with E-state index in [1.165, 1.54) is 7.11 Å². The van der Waals surface area contributed by atoms with Crippen molar-refractivity contribution in [2.75, 3.05) is 14.2 Å². The Balaban J connectivity index is 2.83. The van der Waals surface area contributed by atoms with Gasteiger partial charge in [-0.3, -0.25) is 4.79 Å². The van der Waals surface area contributed by atoms with Crippen LogP contribution in [0, 0.1) is 0 Å². The van der Waals surface area contributed by atoms with Crippen LogP contribution in [0.2, 0.25) is 0 Å². The molecule has 16 heavy (non-hydrogen) atoms. The molecule has 1 aromatic carbocycles. The highest BCUT2D eigenvalue weighted by Crippen LogP contribution is 2.24. The van der Waals surface area contributed by atoms with Crippen LogP contribution in [0.3, 0.4) is 0 Å². The van der Waals surface area contributed by atoms with Gasteiger partial charge in [-0.2, -0.15) is 0 Å². The van der Waals surface area contributed by atoms with E-state index in [1.54, 1.807) is 7.11 Å². The standard InChI is InChI=1S/C11H12BrClO3/c1-15-8-3-4-9(12)7(5-8)6-10(13)11(14)16-2/h3-5,10H,6H2,1-2H3. The Labute approximate surface area is 108 Å². The lowest BCUT2D eigenvalue weighted by molar-refractivity contribution is -0.140. The van der Waals surface area contributed by atoms with Crippen molar-refractivity contribution in [1.82, 2.24) is 0 Å². The normalized spacial score (nSPS) is 12.0. The van der Waals surface area contributed by atoms with Crippen LogP contribution in [0.1, 0.15) is 5.56 Å². The maximum absolute atomic E-state index is 11.2. The van der Waals surface area contributed by atoms with E-state index in [9.17, 15) is 4.79 Å². The van der Waals surface area contributed by atoms with Crippen molar-refractivity contribution in [3.63, 3.8) is 0 Å². The van der Waals surface area contributed by atoms with Gasteiger partial charge in [0.05, 0.1) is 14.2 Å². The molecular formula is C11H12BrClO3. The molecule has 0 saturated carbocycles. The van der Waals surface area contributed by atoms with E-state index in [2.05, 4.69) is 20.7 Å². The number of benzene rings is 1. The third-order valence-electron chi connectivity index (χ3n) is 2.11. The average Bonchev–Trinajstić information content (AvgIpc) is 2.30. The highest BCUT2D eigenvalue weighted by Gasteiger charge is 2.17. The Kier molecular flexibility index (Phi) is 5.09. The number of ether oxygens (including phenoxy) is 2. The van der Waals surface area contributed by atoms with Crippen LogP contribution in [-0.2, 0) is 16.0 Å². The minimum atomic E-state index is -0.687. The third-order valence-corrected chi connectivity index (χ3v) is 3.22. The summed E-state index contributed by atoms with van der Waals surface area (Å²) in [6, 6.07) is 5.52. The molecule has 5 heteroatoms. The largest absolute Gasteiger partial charge is 0.497 e. The molecule has 0 saturated heterocycles. The monoisotopic (exact) mass is 306 g/mol. The lowest BCUT2D eigenvalue weighted by atomic mass is 10.1. The van der Waals surface area contributed by atoms with Crippen molar-refractivity contribution in [2.24, 2.45) is 0 Å². The molecule has 1 rings (SSSR count). The summed E-state index contributed by atoms with van der Waals surface area (Å²) in [5.74, 6) is 0.295. The van der Waals surface area contributed by atoms with Crippen LogP contribution in [0.5, 0.6) is 5.75 Å². The minimum absolute atomic E-state index is 0.395. The van der Waals surface area contributed by atoms with Gasteiger partial charge in [0.25, 0.3) is 0 Å². The first-order chi connectivity index (χ1) is 7.58. The molecule has 1 aromatic rings. The quantitative estimate of drug-likeness (QED) is 0.634. The number of hydrogen-bond acceptors (Lipinski definition) is 3. The van der Waals surface area contributed by atoms with E-state index >= 15 is 0 Å². The fourth-order valence-electron chi connectivity index (χ4n) is 1.24. The summed E-state index contributed by atoms with van der Waals surface area (Å²) in [6.07, 6.45) is 0.395. The van der Waals surface area contributed by atoms with Crippen molar-refractivity contribution >= 4 is 33.5 Å². The Hall–Kier alpha value is -0.740. The van der Waals surface area contributed by atoms with Gasteiger partial charge in [-0.1, -0.05) is 15.9 Å². The Bertz CT molecular complexity index is 381. The van der Waals surface area contributed by atoms with E-state index in [-0.39, 0.29) is 0 Å². The zero-order valence-electron chi connectivity index (χ0n) is 9.00. The molecule has 0 aromatic heterocycles. The number of esters is 1. The second-order valence-corrected chi connectivity index (χ2v) is 4.53. The lowest BCUT2D eigenvalue weighted by Gasteiger charge is -2.10. The van der Waals surface area contributed by atoms with Gasteiger partial charge in [0.15, 0.2) is 0 Å². The van der Waals surface area contributed by atoms with Gasteiger partial charge in [0.2, 0.25) is 0 Å². The molecule has 0 heterocycles. The molecule has 0 radical (unpaired) electrons. The fraction of sp³-hybridized carbons (Fsp3) is 0.364. The van der Waals surface area contributed by atoms with E-state index < -0.39 is 11.3 Å². The SMILES string of the molecule is COC(=O)C(Cl)Cc1cc(OC)ccc1Br. The fourth-order valence-corrected chi connectivity index (χ4v) is 1.90. The van der Waals surface area contributed by atoms with Crippen LogP contribution < -0.4 is 4.74 Å². The van der Waals surface area contributed by atoms with Crippen molar-refractivity contribution in [3.05, 3.63) is 28.2 Å². The highest BCUT2D eigenvalue weighted by atomic mass is 79.9. The van der Waals surface area contributed by atoms with Crippen LogP contribution in [0.4, 0.5) is 0 Å². The number of halogens is 2. The molecule has 0 fully saturated rings. The van der Waals surface area contributed by atoms with E-state index in [0.717, 1.165) is 15.8 Å². The molecule has 0 amide bonds. The molecule has 0 bridgehead atoms. The second-order valence-electron chi connectivity index (χ2n) is 3.15. The van der Waals surface area contributed by atoms with E-state index in [4.69, 9.17) is 16.3 Å². The first-order valence-corrected chi connectivity index (χ1v) is 5.85. The summed E-state index contributed by atoms with van der Waals surface area (Å²) in [4.78, 5) is 11.2. The van der Waals surface area contributed by atoms with Gasteiger partial charge < -0.3 is 9.47 Å². The summed E-state index contributed by atoms with van der Waals surface area (Å²) in [6.45, 7) is 0. The van der Waals surface area contributed by atoms with Gasteiger partial charge in [-0.15, -0.1) is 11.6 Å². The maximum atomic E-state index is 11.2. The summed E-state index contributed by atoms with van der Waals surface area (Å²) in [5, 5.41) is -0.687. The number of alkyl halides is 1. The zero-order chi connectivity index (χ0) is 12.1. The number of rotatable bonds is 4. The molecule has 1 atom stereocenters. The molecule has 3 nitrogen and oxygen atoms in total. The van der Waals surface area contributed by atoms with Gasteiger partial charge in [-0.25, -0.2) is 0 Å². The smallest absolute Gasteiger partial charge is 0.324 e. The van der Waals surface area contributed by atoms with Crippen LogP contribution in [-0.4, -0.2) is 25.6 Å². The molecule has 0 spiro atoms. The minimum Gasteiger partial charge on any atom is -0.497 e. The molecule has 0 aliphatic carbocycles. The summed E-state index contributed by atoms with van der Waals surface area (Å²) in [5.41, 5.74) is 0.907. The number of carbonyl (C=O) groups excluding carboxylic acids is 1. The first-order valence-electron chi connectivity index (χ1n) is 4.62. The Morgan fingerprint density at radius 2 is 2.19 bits per heavy atom. The number of hydrogen-bond donors (Lipinski definition) is 0. The average molecular weight is 308 g/mol. The molecule has 1 unspecified atom stereocenters. The van der Waals surface area contributed by atoms with Gasteiger partial charge in [-0.05, 0) is 23.8 Å². The molecule has 88 valence electrons. The summed E-state index contributed by atoms with van der Waals surface area (Å²) >= 11 is 9.29. The highest BCUT2D eigenvalue weighted by molar-refractivity contribution is 9.10. The van der Waals surface area contributed by atoms with Crippen LogP contribution >= 0.6 is 27.5 Å². The molecular weight excluding hydrogens is 295 g/mol. The number of carbonyl (C=O) groups is 1. The van der Waals surface area contributed by atoms with Crippen molar-refractivity contribution in [1.29, 1.82) is 0 Å². The maximum Gasteiger partial charge on any atom is 0.324 e.